The third-order valence-corrected chi connectivity index (χ3v) is 3.46. The average molecular weight is 365 g/mol. The molecule has 0 radical (unpaired) electrons. The lowest BCUT2D eigenvalue weighted by Crippen LogP contribution is -2.14. The quantitative estimate of drug-likeness (QED) is 0.642. The Balaban J connectivity index is 1.72. The SMILES string of the molecule is CC(=O)Nc1cccc(Nc2cc(C(=O)Nc3ccc(F)cc3)ncn2)c1. The molecule has 3 N–H and O–H groups in total. The van der Waals surface area contributed by atoms with Crippen LogP contribution in [0.4, 0.5) is 27.3 Å². The Morgan fingerprint density at radius 1 is 0.889 bits per heavy atom. The van der Waals surface area contributed by atoms with E-state index < -0.39 is 5.91 Å². The third kappa shape index (κ3) is 5.08. The molecule has 0 aliphatic carbocycles. The minimum atomic E-state index is -0.445. The monoisotopic (exact) mass is 365 g/mol. The fraction of sp³-hybridized carbons (Fsp3) is 0.0526. The number of amides is 2. The summed E-state index contributed by atoms with van der Waals surface area (Å²) in [6.07, 6.45) is 1.26. The lowest BCUT2D eigenvalue weighted by molar-refractivity contribution is -0.114. The summed E-state index contributed by atoms with van der Waals surface area (Å²) in [7, 11) is 0. The number of halogens is 1. The molecule has 0 spiro atoms. The van der Waals surface area contributed by atoms with Crippen molar-refractivity contribution in [2.75, 3.05) is 16.0 Å². The molecule has 0 unspecified atom stereocenters. The van der Waals surface area contributed by atoms with Crippen LogP contribution >= 0.6 is 0 Å². The van der Waals surface area contributed by atoms with E-state index >= 15 is 0 Å². The number of hydrogen-bond donors (Lipinski definition) is 3. The zero-order chi connectivity index (χ0) is 19.2. The molecule has 0 saturated heterocycles. The van der Waals surface area contributed by atoms with Gasteiger partial charge in [-0.15, -0.1) is 0 Å². The largest absolute Gasteiger partial charge is 0.340 e. The minimum absolute atomic E-state index is 0.148. The van der Waals surface area contributed by atoms with Crippen LogP contribution in [0.1, 0.15) is 17.4 Å². The van der Waals surface area contributed by atoms with Crippen molar-refractivity contribution in [3.8, 4) is 0 Å². The van der Waals surface area contributed by atoms with Crippen molar-refractivity contribution in [2.24, 2.45) is 0 Å². The molecule has 0 fully saturated rings. The summed E-state index contributed by atoms with van der Waals surface area (Å²) in [5, 5.41) is 8.38. The Hall–Kier alpha value is -3.81. The highest BCUT2D eigenvalue weighted by Gasteiger charge is 2.10. The second-order valence-corrected chi connectivity index (χ2v) is 5.64. The van der Waals surface area contributed by atoms with Crippen LogP contribution in [-0.4, -0.2) is 21.8 Å². The molecule has 0 saturated carbocycles. The summed E-state index contributed by atoms with van der Waals surface area (Å²) >= 11 is 0. The Labute approximate surface area is 154 Å². The van der Waals surface area contributed by atoms with Gasteiger partial charge in [-0.3, -0.25) is 9.59 Å². The van der Waals surface area contributed by atoms with Crippen LogP contribution in [0.3, 0.4) is 0 Å². The first-order valence-electron chi connectivity index (χ1n) is 8.03. The van der Waals surface area contributed by atoms with E-state index in [2.05, 4.69) is 25.9 Å². The van der Waals surface area contributed by atoms with Crippen LogP contribution in [0, 0.1) is 5.82 Å². The molecule has 1 heterocycles. The van der Waals surface area contributed by atoms with Crippen LogP contribution < -0.4 is 16.0 Å². The number of benzene rings is 2. The lowest BCUT2D eigenvalue weighted by atomic mass is 10.2. The van der Waals surface area contributed by atoms with E-state index in [0.717, 1.165) is 0 Å². The molecule has 0 aliphatic rings. The van der Waals surface area contributed by atoms with E-state index in [1.165, 1.54) is 43.6 Å². The van der Waals surface area contributed by atoms with Crippen LogP contribution in [-0.2, 0) is 4.79 Å². The van der Waals surface area contributed by atoms with E-state index in [4.69, 9.17) is 0 Å². The van der Waals surface area contributed by atoms with Gasteiger partial charge >= 0.3 is 0 Å². The molecule has 27 heavy (non-hydrogen) atoms. The zero-order valence-corrected chi connectivity index (χ0v) is 14.4. The summed E-state index contributed by atoms with van der Waals surface area (Å²) in [5.41, 5.74) is 1.92. The normalized spacial score (nSPS) is 10.1. The molecule has 2 amide bonds. The van der Waals surface area contributed by atoms with Gasteiger partial charge in [-0.1, -0.05) is 6.07 Å². The predicted octanol–water partition coefficient (Wildman–Crippen LogP) is 3.57. The Morgan fingerprint density at radius 2 is 1.63 bits per heavy atom. The predicted molar refractivity (Wildman–Crippen MR) is 100 cm³/mol. The zero-order valence-electron chi connectivity index (χ0n) is 14.4. The van der Waals surface area contributed by atoms with Crippen LogP contribution in [0.5, 0.6) is 0 Å². The number of rotatable bonds is 5. The average Bonchev–Trinajstić information content (AvgIpc) is 2.63. The molecule has 0 aliphatic heterocycles. The number of carbonyl (C=O) groups is 2. The maximum absolute atomic E-state index is 12.9. The van der Waals surface area contributed by atoms with Crippen LogP contribution in [0.15, 0.2) is 60.9 Å². The van der Waals surface area contributed by atoms with Gasteiger partial charge in [0.2, 0.25) is 5.91 Å². The smallest absolute Gasteiger partial charge is 0.274 e. The molecule has 8 heteroatoms. The Bertz CT molecular complexity index is 976. The first-order valence-corrected chi connectivity index (χ1v) is 8.03. The highest BCUT2D eigenvalue weighted by Crippen LogP contribution is 2.19. The third-order valence-electron chi connectivity index (χ3n) is 3.46. The molecular formula is C19H16FN5O2. The highest BCUT2D eigenvalue weighted by atomic mass is 19.1. The van der Waals surface area contributed by atoms with Crippen molar-refractivity contribution in [1.29, 1.82) is 0 Å². The highest BCUT2D eigenvalue weighted by molar-refractivity contribution is 6.03. The molecule has 2 aromatic carbocycles. The van der Waals surface area contributed by atoms with Gasteiger partial charge in [0.05, 0.1) is 0 Å². The standard InChI is InChI=1S/C19H16FN5O2/c1-12(26)23-15-3-2-4-16(9-15)24-18-10-17(21-11-22-18)19(27)25-14-7-5-13(20)6-8-14/h2-11H,1H3,(H,23,26)(H,25,27)(H,21,22,24). The lowest BCUT2D eigenvalue weighted by Gasteiger charge is -2.09. The van der Waals surface area contributed by atoms with Gasteiger partial charge in [-0.2, -0.15) is 0 Å². The van der Waals surface area contributed by atoms with Crippen LogP contribution in [0.2, 0.25) is 0 Å². The van der Waals surface area contributed by atoms with Gasteiger partial charge < -0.3 is 16.0 Å². The number of anilines is 4. The summed E-state index contributed by atoms with van der Waals surface area (Å²) in [6, 6.07) is 14.0. The minimum Gasteiger partial charge on any atom is -0.340 e. The maximum atomic E-state index is 12.9. The van der Waals surface area contributed by atoms with Crippen LogP contribution in [0.25, 0.3) is 0 Å². The van der Waals surface area contributed by atoms with Gasteiger partial charge in [-0.25, -0.2) is 14.4 Å². The summed E-state index contributed by atoms with van der Waals surface area (Å²) in [6.45, 7) is 1.43. The number of nitrogens with one attached hydrogen (secondary N) is 3. The van der Waals surface area contributed by atoms with Gasteiger partial charge in [0.25, 0.3) is 5.91 Å². The summed E-state index contributed by atoms with van der Waals surface area (Å²) in [5.74, 6) is -0.592. The first kappa shape index (κ1) is 18.0. The molecule has 7 nitrogen and oxygen atoms in total. The van der Waals surface area contributed by atoms with Crippen molar-refractivity contribution < 1.29 is 14.0 Å². The Kier molecular flexibility index (Phi) is 5.36. The fourth-order valence-electron chi connectivity index (χ4n) is 2.30. The van der Waals surface area contributed by atoms with Crippen molar-refractivity contribution in [2.45, 2.75) is 6.92 Å². The molecule has 136 valence electrons. The van der Waals surface area contributed by atoms with Gasteiger partial charge in [-0.05, 0) is 42.5 Å². The molecule has 3 aromatic rings. The fourth-order valence-corrected chi connectivity index (χ4v) is 2.30. The van der Waals surface area contributed by atoms with Gasteiger partial charge in [0.1, 0.15) is 23.7 Å². The van der Waals surface area contributed by atoms with E-state index in [1.54, 1.807) is 24.3 Å². The second kappa shape index (κ2) is 8.05. The van der Waals surface area contributed by atoms with Crippen molar-refractivity contribution in [1.82, 2.24) is 9.97 Å². The van der Waals surface area contributed by atoms with E-state index in [9.17, 15) is 14.0 Å². The number of hydrogen-bond acceptors (Lipinski definition) is 5. The molecular weight excluding hydrogens is 349 g/mol. The summed E-state index contributed by atoms with van der Waals surface area (Å²) in [4.78, 5) is 31.5. The van der Waals surface area contributed by atoms with Crippen molar-refractivity contribution in [3.63, 3.8) is 0 Å². The molecule has 3 rings (SSSR count). The summed E-state index contributed by atoms with van der Waals surface area (Å²) < 4.78 is 12.9. The van der Waals surface area contributed by atoms with Crippen molar-refractivity contribution in [3.05, 3.63) is 72.4 Å². The second-order valence-electron chi connectivity index (χ2n) is 5.64. The molecule has 0 bridgehead atoms. The van der Waals surface area contributed by atoms with Gasteiger partial charge in [0.15, 0.2) is 0 Å². The maximum Gasteiger partial charge on any atom is 0.274 e. The van der Waals surface area contributed by atoms with E-state index in [1.807, 2.05) is 0 Å². The number of carbonyl (C=O) groups excluding carboxylic acids is 2. The van der Waals surface area contributed by atoms with Gasteiger partial charge in [0, 0.05) is 30.1 Å². The van der Waals surface area contributed by atoms with E-state index in [-0.39, 0.29) is 17.4 Å². The van der Waals surface area contributed by atoms with Crippen molar-refractivity contribution >= 4 is 34.7 Å². The molecule has 0 atom stereocenters. The first-order chi connectivity index (χ1) is 13.0. The molecule has 1 aromatic heterocycles. The Morgan fingerprint density at radius 3 is 2.37 bits per heavy atom. The topological polar surface area (TPSA) is 96.0 Å². The van der Waals surface area contributed by atoms with E-state index in [0.29, 0.717) is 22.9 Å². The number of aromatic nitrogens is 2. The number of nitrogens with zero attached hydrogens (tertiary/aromatic N) is 2.